The maximum Gasteiger partial charge on any atom is 0.187 e. The van der Waals surface area contributed by atoms with Crippen LogP contribution in [0.2, 0.25) is 0 Å². The van der Waals surface area contributed by atoms with E-state index in [9.17, 15) is 56.2 Å². The van der Waals surface area contributed by atoms with Gasteiger partial charge in [-0.3, -0.25) is 0 Å². The van der Waals surface area contributed by atoms with Gasteiger partial charge in [-0.05, 0) is 91.8 Å². The molecule has 25 atom stereocenters. The summed E-state index contributed by atoms with van der Waals surface area (Å²) in [7, 11) is 1.76. The van der Waals surface area contributed by atoms with Crippen LogP contribution >= 0.6 is 0 Å². The zero-order chi connectivity index (χ0) is 48.3. The first-order valence-electron chi connectivity index (χ1n) is 24.3. The number of aliphatic hydroxyl groups excluding tert-OH is 11. The van der Waals surface area contributed by atoms with Crippen LogP contribution in [0.3, 0.4) is 0 Å². The molecule has 7 fully saturated rings. The molecule has 0 aromatic carbocycles. The van der Waals surface area contributed by atoms with E-state index in [2.05, 4.69) is 40.7 Å². The summed E-state index contributed by atoms with van der Waals surface area (Å²) < 4.78 is 43.2. The van der Waals surface area contributed by atoms with Crippen LogP contribution < -0.4 is 0 Å². The lowest BCUT2D eigenvalue weighted by Gasteiger charge is -2.73. The van der Waals surface area contributed by atoms with Gasteiger partial charge >= 0.3 is 0 Å². The second-order valence-electron chi connectivity index (χ2n) is 23.4. The molecule has 18 nitrogen and oxygen atoms in total. The average Bonchev–Trinajstić information content (AvgIpc) is 3.27. The summed E-state index contributed by atoms with van der Waals surface area (Å²) in [5.74, 6) is -0.154. The van der Waals surface area contributed by atoms with Crippen LogP contribution in [0.1, 0.15) is 99.8 Å². The van der Waals surface area contributed by atoms with E-state index in [0.717, 1.165) is 32.1 Å². The maximum atomic E-state index is 12.2. The number of hydrogen-bond donors (Lipinski definition) is 11. The second-order valence-corrected chi connectivity index (χ2v) is 23.4. The van der Waals surface area contributed by atoms with Crippen LogP contribution in [0.5, 0.6) is 0 Å². The van der Waals surface area contributed by atoms with Gasteiger partial charge < -0.3 is 89.3 Å². The molecule has 5 aliphatic carbocycles. The van der Waals surface area contributed by atoms with Crippen molar-refractivity contribution in [3.05, 3.63) is 11.6 Å². The maximum absolute atomic E-state index is 12.2. The second kappa shape index (κ2) is 18.3. The van der Waals surface area contributed by atoms with Crippen molar-refractivity contribution in [1.82, 2.24) is 0 Å². The molecule has 11 N–H and O–H groups in total. The summed E-state index contributed by atoms with van der Waals surface area (Å²) in [6, 6.07) is 0. The molecule has 3 heterocycles. The zero-order valence-electron chi connectivity index (χ0n) is 39.9. The molecule has 0 amide bonds. The van der Waals surface area contributed by atoms with Crippen LogP contribution in [0.15, 0.2) is 11.6 Å². The van der Waals surface area contributed by atoms with Crippen LogP contribution in [0.4, 0.5) is 0 Å². The molecule has 0 aromatic heterocycles. The van der Waals surface area contributed by atoms with E-state index < -0.39 is 133 Å². The fourth-order valence-corrected chi connectivity index (χ4v) is 15.2. The lowest BCUT2D eigenvalue weighted by atomic mass is 9.32. The van der Waals surface area contributed by atoms with Gasteiger partial charge in [-0.1, -0.05) is 53.2 Å². The Kier molecular flexibility index (Phi) is 14.2. The Morgan fingerprint density at radius 2 is 1.33 bits per heavy atom. The molecular formula is C48H80O18. The molecule has 380 valence electrons. The number of rotatable bonds is 10. The number of hydrogen-bond acceptors (Lipinski definition) is 18. The van der Waals surface area contributed by atoms with E-state index in [1.807, 2.05) is 6.92 Å². The van der Waals surface area contributed by atoms with Crippen molar-refractivity contribution in [1.29, 1.82) is 0 Å². The Labute approximate surface area is 388 Å². The number of fused-ring (bicyclic) bond motifs is 7. The summed E-state index contributed by atoms with van der Waals surface area (Å²) in [6.07, 6.45) is -15.6. The number of ether oxygens (including phenoxy) is 7. The lowest BCUT2D eigenvalue weighted by Crippen LogP contribution is -2.70. The molecule has 66 heavy (non-hydrogen) atoms. The van der Waals surface area contributed by atoms with Crippen LogP contribution in [0, 0.1) is 50.2 Å². The minimum absolute atomic E-state index is 0.00692. The highest BCUT2D eigenvalue weighted by Crippen LogP contribution is 2.76. The molecule has 25 unspecified atom stereocenters. The number of aliphatic hydroxyl groups is 11. The van der Waals surface area contributed by atoms with Gasteiger partial charge in [-0.25, -0.2) is 0 Å². The standard InChI is InChI=1S/C48H80O18/c1-22-31(54)34(57)37(66-42-38(35(58)33(56)27(18-49)63-42)65-40-36(59)32(55)25(52)19-61-40)41(62-22)64-30-10-11-44(4)28(45(30,5)20-50)9-12-46(6)39(44)26(60-8)15-23-24-16-43(2,3)13-14-48(24,21-51)29(53)17-47(23,46)7/h15,22,24-42,49-59H,9-14,16-21H2,1-8H3. The van der Waals surface area contributed by atoms with E-state index in [-0.39, 0.29) is 47.9 Å². The molecule has 18 heteroatoms. The van der Waals surface area contributed by atoms with Gasteiger partial charge in [0.1, 0.15) is 61.0 Å². The smallest absolute Gasteiger partial charge is 0.187 e. The molecule has 3 aliphatic heterocycles. The third kappa shape index (κ3) is 7.82. The highest BCUT2D eigenvalue weighted by molar-refractivity contribution is 5.37. The number of methoxy groups -OCH3 is 1. The normalized spacial score (nSPS) is 56.0. The number of allylic oxidation sites excluding steroid dienone is 1. The van der Waals surface area contributed by atoms with Gasteiger partial charge in [0.15, 0.2) is 18.9 Å². The molecule has 0 spiro atoms. The Hall–Kier alpha value is -0.980. The first-order valence-corrected chi connectivity index (χ1v) is 24.3. The first kappa shape index (κ1) is 51.4. The summed E-state index contributed by atoms with van der Waals surface area (Å²) in [5.41, 5.74) is -1.32. The van der Waals surface area contributed by atoms with Crippen LogP contribution in [0.25, 0.3) is 0 Å². The minimum Gasteiger partial charge on any atom is -0.396 e. The third-order valence-corrected chi connectivity index (χ3v) is 19.4. The van der Waals surface area contributed by atoms with Crippen LogP contribution in [-0.2, 0) is 33.2 Å². The lowest BCUT2D eigenvalue weighted by molar-refractivity contribution is -0.394. The van der Waals surface area contributed by atoms with Gasteiger partial charge in [0.2, 0.25) is 0 Å². The predicted molar refractivity (Wildman–Crippen MR) is 232 cm³/mol. The molecule has 0 bridgehead atoms. The van der Waals surface area contributed by atoms with E-state index in [1.54, 1.807) is 14.0 Å². The predicted octanol–water partition coefficient (Wildman–Crippen LogP) is -0.151. The van der Waals surface area contributed by atoms with Gasteiger partial charge in [-0.15, -0.1) is 0 Å². The summed E-state index contributed by atoms with van der Waals surface area (Å²) >= 11 is 0. The van der Waals surface area contributed by atoms with E-state index in [0.29, 0.717) is 19.3 Å². The SMILES string of the molecule is COC1C=C2C3CC(C)(C)CCC3(CO)C(O)CC2(C)C2(C)CCC3C(C)(CO)C(OC4OC(C)C(O)C(O)C4OC4OC(CO)C(O)C(O)C4OC4OCC(O)C(O)C4O)CCC3(C)C12. The van der Waals surface area contributed by atoms with Gasteiger partial charge in [0.05, 0.1) is 50.8 Å². The quantitative estimate of drug-likeness (QED) is 0.100. The van der Waals surface area contributed by atoms with Crippen molar-refractivity contribution >= 4 is 0 Å². The molecule has 8 aliphatic rings. The molecule has 0 aromatic rings. The fraction of sp³-hybridized carbons (Fsp3) is 0.958. The molecule has 8 rings (SSSR count). The van der Waals surface area contributed by atoms with Crippen molar-refractivity contribution in [3.8, 4) is 0 Å². The van der Waals surface area contributed by atoms with Gasteiger partial charge in [0.25, 0.3) is 0 Å². The molecule has 3 saturated heterocycles. The summed E-state index contributed by atoms with van der Waals surface area (Å²) in [4.78, 5) is 0. The van der Waals surface area contributed by atoms with Crippen molar-refractivity contribution in [2.75, 3.05) is 33.5 Å². The summed E-state index contributed by atoms with van der Waals surface area (Å²) in [6.45, 7) is 13.6. The highest BCUT2D eigenvalue weighted by atomic mass is 16.8. The van der Waals surface area contributed by atoms with Gasteiger partial charge in [-0.2, -0.15) is 0 Å². The highest BCUT2D eigenvalue weighted by Gasteiger charge is 2.72. The molecule has 0 radical (unpaired) electrons. The topological polar surface area (TPSA) is 287 Å². The Bertz CT molecular complexity index is 1750. The molecular weight excluding hydrogens is 865 g/mol. The Balaban J connectivity index is 1.09. The molecule has 4 saturated carbocycles. The van der Waals surface area contributed by atoms with Crippen molar-refractivity contribution in [2.45, 2.75) is 204 Å². The summed E-state index contributed by atoms with van der Waals surface area (Å²) in [5, 5.41) is 121. The minimum atomic E-state index is -1.83. The van der Waals surface area contributed by atoms with Crippen LogP contribution in [-0.4, -0.2) is 194 Å². The van der Waals surface area contributed by atoms with Crippen molar-refractivity contribution in [3.63, 3.8) is 0 Å². The Morgan fingerprint density at radius 1 is 0.682 bits per heavy atom. The largest absolute Gasteiger partial charge is 0.396 e. The Morgan fingerprint density at radius 3 is 1.97 bits per heavy atom. The monoisotopic (exact) mass is 945 g/mol. The third-order valence-electron chi connectivity index (χ3n) is 19.4. The fourth-order valence-electron chi connectivity index (χ4n) is 15.2. The van der Waals surface area contributed by atoms with E-state index in [4.69, 9.17) is 33.2 Å². The average molecular weight is 945 g/mol. The van der Waals surface area contributed by atoms with Crippen molar-refractivity contribution in [2.24, 2.45) is 50.2 Å². The zero-order valence-corrected chi connectivity index (χ0v) is 39.9. The van der Waals surface area contributed by atoms with Gasteiger partial charge in [0, 0.05) is 23.9 Å². The van der Waals surface area contributed by atoms with Crippen molar-refractivity contribution < 1.29 is 89.3 Å². The first-order chi connectivity index (χ1) is 30.9. The van der Waals surface area contributed by atoms with E-state index in [1.165, 1.54) is 5.57 Å². The van der Waals surface area contributed by atoms with E-state index >= 15 is 0 Å².